The monoisotopic (exact) mass is 414 g/mol. The van der Waals surface area contributed by atoms with Gasteiger partial charge in [-0.05, 0) is 38.0 Å². The Hall–Kier alpha value is -1.50. The van der Waals surface area contributed by atoms with Crippen LogP contribution in [0, 0.1) is 6.92 Å². The Balaban J connectivity index is 0.00000121. The molecule has 8 heteroatoms. The molecule has 0 saturated heterocycles. The van der Waals surface area contributed by atoms with E-state index in [-0.39, 0.29) is 30.7 Å². The number of nitrogens with two attached hydrogens (primary N) is 1. The minimum absolute atomic E-state index is 0. The number of amides is 1. The standard InChI is InChI=1S/C18H22N4OS.2ClH/c1-11-16(17(23)21(2)13-6-4-3-5-7-13)24-18-20-14-9-8-12(19)10-15(14)22(11)18;;/h8-10,13H,3-7,19H2,1-2H3;2*1H. The van der Waals surface area contributed by atoms with Crippen molar-refractivity contribution in [1.29, 1.82) is 0 Å². The van der Waals surface area contributed by atoms with Crippen molar-refractivity contribution in [2.45, 2.75) is 45.1 Å². The predicted octanol–water partition coefficient (Wildman–Crippen LogP) is 4.69. The van der Waals surface area contributed by atoms with Crippen molar-refractivity contribution in [3.63, 3.8) is 0 Å². The fraction of sp³-hybridized carbons (Fsp3) is 0.444. The molecule has 2 N–H and O–H groups in total. The van der Waals surface area contributed by atoms with Crippen molar-refractivity contribution in [2.75, 3.05) is 12.8 Å². The molecule has 1 aromatic carbocycles. The van der Waals surface area contributed by atoms with Crippen LogP contribution in [0.3, 0.4) is 0 Å². The van der Waals surface area contributed by atoms with Crippen LogP contribution in [0.1, 0.15) is 47.5 Å². The third-order valence-electron chi connectivity index (χ3n) is 5.14. The molecule has 0 bridgehead atoms. The van der Waals surface area contributed by atoms with E-state index in [0.717, 1.165) is 39.4 Å². The molecule has 1 amide bonds. The molecule has 0 unspecified atom stereocenters. The third-order valence-corrected chi connectivity index (χ3v) is 6.27. The van der Waals surface area contributed by atoms with E-state index in [1.54, 1.807) is 0 Å². The van der Waals surface area contributed by atoms with Gasteiger partial charge in [0.25, 0.3) is 5.91 Å². The number of hydrogen-bond acceptors (Lipinski definition) is 4. The number of nitrogen functional groups attached to an aromatic ring is 1. The summed E-state index contributed by atoms with van der Waals surface area (Å²) in [7, 11) is 1.94. The molecule has 1 aliphatic carbocycles. The minimum atomic E-state index is 0. The van der Waals surface area contributed by atoms with Crippen LogP contribution < -0.4 is 5.73 Å². The number of imidazole rings is 1. The van der Waals surface area contributed by atoms with Crippen molar-refractivity contribution in [3.05, 3.63) is 28.8 Å². The second-order valence-electron chi connectivity index (χ2n) is 6.70. The second-order valence-corrected chi connectivity index (χ2v) is 7.68. The van der Waals surface area contributed by atoms with E-state index < -0.39 is 0 Å². The van der Waals surface area contributed by atoms with E-state index in [2.05, 4.69) is 9.38 Å². The zero-order valence-electron chi connectivity index (χ0n) is 14.9. The van der Waals surface area contributed by atoms with E-state index in [0.29, 0.717) is 11.7 Å². The number of carbonyl (C=O) groups excluding carboxylic acids is 1. The summed E-state index contributed by atoms with van der Waals surface area (Å²) in [4.78, 5) is 21.2. The van der Waals surface area contributed by atoms with Gasteiger partial charge in [0.15, 0.2) is 4.96 Å². The Morgan fingerprint density at radius 3 is 2.65 bits per heavy atom. The van der Waals surface area contributed by atoms with Gasteiger partial charge in [0.05, 0.1) is 11.0 Å². The van der Waals surface area contributed by atoms with Gasteiger partial charge in [-0.3, -0.25) is 9.20 Å². The predicted molar refractivity (Wildman–Crippen MR) is 113 cm³/mol. The Morgan fingerprint density at radius 2 is 1.96 bits per heavy atom. The minimum Gasteiger partial charge on any atom is -0.399 e. The number of fused-ring (bicyclic) bond motifs is 3. The van der Waals surface area contributed by atoms with E-state index >= 15 is 0 Å². The summed E-state index contributed by atoms with van der Waals surface area (Å²) >= 11 is 1.48. The Bertz CT molecular complexity index is 930. The van der Waals surface area contributed by atoms with Crippen molar-refractivity contribution >= 4 is 63.7 Å². The van der Waals surface area contributed by atoms with Crippen LogP contribution in [-0.2, 0) is 0 Å². The highest BCUT2D eigenvalue weighted by molar-refractivity contribution is 7.19. The molecule has 142 valence electrons. The molecule has 26 heavy (non-hydrogen) atoms. The maximum absolute atomic E-state index is 13.0. The maximum atomic E-state index is 13.0. The average Bonchev–Trinajstić information content (AvgIpc) is 3.11. The number of benzene rings is 1. The highest BCUT2D eigenvalue weighted by atomic mass is 35.5. The number of rotatable bonds is 2. The van der Waals surface area contributed by atoms with Gasteiger partial charge in [0.2, 0.25) is 0 Å². The number of carbonyl (C=O) groups is 1. The molecule has 2 aromatic heterocycles. The van der Waals surface area contributed by atoms with Gasteiger partial charge in [0, 0.05) is 24.5 Å². The van der Waals surface area contributed by atoms with Crippen LogP contribution >= 0.6 is 36.2 Å². The number of aromatic nitrogens is 2. The molecule has 0 radical (unpaired) electrons. The summed E-state index contributed by atoms with van der Waals surface area (Å²) in [6.45, 7) is 2.00. The first-order valence-electron chi connectivity index (χ1n) is 8.50. The molecule has 1 aliphatic rings. The Morgan fingerprint density at radius 1 is 1.27 bits per heavy atom. The van der Waals surface area contributed by atoms with Gasteiger partial charge in [-0.25, -0.2) is 4.98 Å². The smallest absolute Gasteiger partial charge is 0.265 e. The highest BCUT2D eigenvalue weighted by Gasteiger charge is 2.27. The molecule has 4 rings (SSSR count). The summed E-state index contributed by atoms with van der Waals surface area (Å²) in [5.41, 5.74) is 9.47. The first-order chi connectivity index (χ1) is 11.6. The van der Waals surface area contributed by atoms with Crippen molar-refractivity contribution in [2.24, 2.45) is 0 Å². The number of hydrogen-bond donors (Lipinski definition) is 1. The number of thiazole rings is 1. The van der Waals surface area contributed by atoms with Gasteiger partial charge in [-0.1, -0.05) is 30.6 Å². The van der Waals surface area contributed by atoms with Crippen LogP contribution in [0.4, 0.5) is 5.69 Å². The molecule has 3 aromatic rings. The molecular formula is C18H24Cl2N4OS. The zero-order chi connectivity index (χ0) is 16.8. The number of halogens is 2. The van der Waals surface area contributed by atoms with Gasteiger partial charge >= 0.3 is 0 Å². The molecule has 1 saturated carbocycles. The number of aryl methyl sites for hydroxylation is 1. The van der Waals surface area contributed by atoms with Gasteiger partial charge < -0.3 is 10.6 Å². The molecule has 0 atom stereocenters. The quantitative estimate of drug-likeness (QED) is 0.618. The molecule has 0 spiro atoms. The van der Waals surface area contributed by atoms with E-state index in [4.69, 9.17) is 5.73 Å². The lowest BCUT2D eigenvalue weighted by Gasteiger charge is -2.31. The van der Waals surface area contributed by atoms with Crippen molar-refractivity contribution < 1.29 is 4.79 Å². The lowest BCUT2D eigenvalue weighted by molar-refractivity contribution is 0.0700. The Kier molecular flexibility index (Phi) is 6.42. The summed E-state index contributed by atoms with van der Waals surface area (Å²) in [6, 6.07) is 6.08. The zero-order valence-corrected chi connectivity index (χ0v) is 17.3. The topological polar surface area (TPSA) is 63.6 Å². The van der Waals surface area contributed by atoms with Crippen LogP contribution in [0.25, 0.3) is 16.0 Å². The van der Waals surface area contributed by atoms with E-state index in [9.17, 15) is 4.79 Å². The lowest BCUT2D eigenvalue weighted by atomic mass is 9.94. The summed E-state index contributed by atoms with van der Waals surface area (Å²) in [6.07, 6.45) is 5.96. The van der Waals surface area contributed by atoms with Crippen LogP contribution in [0.2, 0.25) is 0 Å². The third kappa shape index (κ3) is 3.38. The van der Waals surface area contributed by atoms with Gasteiger partial charge in [-0.2, -0.15) is 0 Å². The molecule has 5 nitrogen and oxygen atoms in total. The summed E-state index contributed by atoms with van der Waals surface area (Å²) < 4.78 is 2.05. The highest BCUT2D eigenvalue weighted by Crippen LogP contribution is 2.31. The summed E-state index contributed by atoms with van der Waals surface area (Å²) in [5, 5.41) is 0. The molecule has 1 fully saturated rings. The normalized spacial score (nSPS) is 14.8. The fourth-order valence-corrected chi connectivity index (χ4v) is 4.85. The Labute approximate surface area is 169 Å². The maximum Gasteiger partial charge on any atom is 0.265 e. The van der Waals surface area contributed by atoms with Gasteiger partial charge in [0.1, 0.15) is 4.88 Å². The first kappa shape index (κ1) is 20.8. The van der Waals surface area contributed by atoms with Crippen LogP contribution in [0.5, 0.6) is 0 Å². The summed E-state index contributed by atoms with van der Waals surface area (Å²) in [5.74, 6) is 0.118. The van der Waals surface area contributed by atoms with E-state index in [1.807, 2.05) is 37.1 Å². The number of nitrogens with zero attached hydrogens (tertiary/aromatic N) is 3. The lowest BCUT2D eigenvalue weighted by Crippen LogP contribution is -2.38. The van der Waals surface area contributed by atoms with Crippen LogP contribution in [-0.4, -0.2) is 33.3 Å². The van der Waals surface area contributed by atoms with Crippen molar-refractivity contribution in [1.82, 2.24) is 14.3 Å². The first-order valence-corrected chi connectivity index (χ1v) is 9.32. The number of anilines is 1. The SMILES string of the molecule is Cc1c(C(=O)N(C)C2CCCCC2)sc2nc3ccc(N)cc3n12.Cl.Cl. The fourth-order valence-electron chi connectivity index (χ4n) is 3.72. The van der Waals surface area contributed by atoms with Crippen molar-refractivity contribution in [3.8, 4) is 0 Å². The molecular weight excluding hydrogens is 391 g/mol. The molecule has 2 heterocycles. The van der Waals surface area contributed by atoms with Gasteiger partial charge in [-0.15, -0.1) is 24.8 Å². The largest absolute Gasteiger partial charge is 0.399 e. The molecule has 0 aliphatic heterocycles. The van der Waals surface area contributed by atoms with E-state index in [1.165, 1.54) is 30.6 Å². The van der Waals surface area contributed by atoms with Crippen LogP contribution in [0.15, 0.2) is 18.2 Å². The second kappa shape index (κ2) is 8.03. The average molecular weight is 415 g/mol.